The minimum Gasteiger partial charge on any atom is -0.310 e. The van der Waals surface area contributed by atoms with Crippen molar-refractivity contribution < 1.29 is 0 Å². The second kappa shape index (κ2) is 12.6. The van der Waals surface area contributed by atoms with E-state index in [1.54, 1.807) is 0 Å². The first-order valence-corrected chi connectivity index (χ1v) is 19.2. The van der Waals surface area contributed by atoms with Gasteiger partial charge in [-0.2, -0.15) is 0 Å². The Morgan fingerprint density at radius 3 is 1.55 bits per heavy atom. The van der Waals surface area contributed by atoms with Gasteiger partial charge in [-0.15, -0.1) is 0 Å². The van der Waals surface area contributed by atoms with Gasteiger partial charge in [-0.25, -0.2) is 0 Å². The smallest absolute Gasteiger partial charge is 0.242 e. The van der Waals surface area contributed by atoms with E-state index >= 15 is 0 Å². The average molecular weight is 698 g/mol. The summed E-state index contributed by atoms with van der Waals surface area (Å²) in [6, 6.07) is 81.0. The summed E-state index contributed by atoms with van der Waals surface area (Å²) >= 11 is 0. The standard InChI is InChI=1S/C53H36BN/c1-4-18-37(19-5-1)40-32-43(54-49-29-15-12-26-45(49)46-34-38-20-10-11-21-39(38)35-50(46)54)36-44(33-40)55-51-30-16-13-27-47(51)53(41-22-6-2-7-23-41,42-24-8-3-9-25-42)48-28-14-17-31-52(48)55/h1-36H. The van der Waals surface area contributed by atoms with Crippen LogP contribution < -0.4 is 21.3 Å². The summed E-state index contributed by atoms with van der Waals surface area (Å²) in [6.07, 6.45) is 0. The molecule has 0 aromatic heterocycles. The zero-order chi connectivity index (χ0) is 36.3. The number of hydrogen-bond acceptors (Lipinski definition) is 1. The maximum absolute atomic E-state index is 2.52. The van der Waals surface area contributed by atoms with Gasteiger partial charge in [0.05, 0.1) is 16.8 Å². The molecular formula is C53H36BN. The SMILES string of the molecule is c1ccc(-c2cc(B3c4ccccc4-c4cc5ccccc5cc43)cc(N3c4ccccc4C(c4ccccc4)(c4ccccc4)c4ccccc43)c2)cc1. The van der Waals surface area contributed by atoms with Crippen LogP contribution in [-0.4, -0.2) is 6.71 Å². The summed E-state index contributed by atoms with van der Waals surface area (Å²) < 4.78 is 0. The lowest BCUT2D eigenvalue weighted by atomic mass is 9.38. The van der Waals surface area contributed by atoms with Gasteiger partial charge < -0.3 is 4.90 Å². The van der Waals surface area contributed by atoms with Gasteiger partial charge >= 0.3 is 0 Å². The largest absolute Gasteiger partial charge is 0.310 e. The van der Waals surface area contributed by atoms with Crippen molar-refractivity contribution in [2.75, 3.05) is 4.90 Å². The summed E-state index contributed by atoms with van der Waals surface area (Å²) in [5.74, 6) is 0. The number of nitrogens with zero attached hydrogens (tertiary/aromatic N) is 1. The normalized spacial score (nSPS) is 13.5. The molecule has 2 heteroatoms. The lowest BCUT2D eigenvalue weighted by Crippen LogP contribution is -2.49. The predicted octanol–water partition coefficient (Wildman–Crippen LogP) is 11.2. The Bertz CT molecular complexity index is 2790. The van der Waals surface area contributed by atoms with Gasteiger partial charge in [-0.1, -0.05) is 204 Å². The first kappa shape index (κ1) is 31.6. The summed E-state index contributed by atoms with van der Waals surface area (Å²) in [5.41, 5.74) is 17.1. The molecule has 2 aliphatic heterocycles. The Kier molecular flexibility index (Phi) is 7.25. The number of hydrogen-bond donors (Lipinski definition) is 0. The van der Waals surface area contributed by atoms with Crippen LogP contribution in [0.1, 0.15) is 22.3 Å². The van der Waals surface area contributed by atoms with Crippen LogP contribution in [-0.2, 0) is 5.41 Å². The highest BCUT2D eigenvalue weighted by atomic mass is 15.2. The van der Waals surface area contributed by atoms with Crippen LogP contribution in [0.5, 0.6) is 0 Å². The quantitative estimate of drug-likeness (QED) is 0.162. The van der Waals surface area contributed by atoms with Crippen molar-refractivity contribution >= 4 is 50.9 Å². The molecule has 55 heavy (non-hydrogen) atoms. The molecule has 0 aliphatic carbocycles. The fraction of sp³-hybridized carbons (Fsp3) is 0.0189. The molecule has 0 radical (unpaired) electrons. The second-order valence-corrected chi connectivity index (χ2v) is 14.8. The van der Waals surface area contributed by atoms with Gasteiger partial charge in [0, 0.05) is 5.69 Å². The molecule has 11 rings (SSSR count). The Hall–Kier alpha value is -6.90. The predicted molar refractivity (Wildman–Crippen MR) is 232 cm³/mol. The average Bonchev–Trinajstić information content (AvgIpc) is 3.58. The molecule has 9 aromatic carbocycles. The van der Waals surface area contributed by atoms with E-state index in [0.29, 0.717) is 0 Å². The van der Waals surface area contributed by atoms with Crippen molar-refractivity contribution in [2.24, 2.45) is 0 Å². The lowest BCUT2D eigenvalue weighted by Gasteiger charge is -2.46. The number of benzene rings is 9. The fourth-order valence-electron chi connectivity index (χ4n) is 9.67. The number of fused-ring (bicyclic) bond motifs is 6. The molecule has 1 nitrogen and oxygen atoms in total. The van der Waals surface area contributed by atoms with Crippen LogP contribution in [0.4, 0.5) is 17.1 Å². The molecule has 0 unspecified atom stereocenters. The van der Waals surface area contributed by atoms with Gasteiger partial charge in [0.2, 0.25) is 6.71 Å². The zero-order valence-corrected chi connectivity index (χ0v) is 30.3. The van der Waals surface area contributed by atoms with Crippen molar-refractivity contribution in [3.8, 4) is 22.3 Å². The van der Waals surface area contributed by atoms with E-state index in [0.717, 1.165) is 5.69 Å². The maximum atomic E-state index is 2.52. The van der Waals surface area contributed by atoms with E-state index in [4.69, 9.17) is 0 Å². The minimum absolute atomic E-state index is 0.0845. The highest BCUT2D eigenvalue weighted by molar-refractivity contribution is 6.99. The highest BCUT2D eigenvalue weighted by Gasteiger charge is 2.46. The molecule has 0 saturated carbocycles. The van der Waals surface area contributed by atoms with E-state index < -0.39 is 5.41 Å². The molecule has 9 aromatic rings. The molecule has 256 valence electrons. The van der Waals surface area contributed by atoms with E-state index in [-0.39, 0.29) is 6.71 Å². The minimum atomic E-state index is -0.517. The van der Waals surface area contributed by atoms with Gasteiger partial charge in [0.1, 0.15) is 0 Å². The summed E-state index contributed by atoms with van der Waals surface area (Å²) in [5, 5.41) is 2.55. The fourth-order valence-corrected chi connectivity index (χ4v) is 9.67. The molecule has 0 amide bonds. The zero-order valence-electron chi connectivity index (χ0n) is 30.3. The Morgan fingerprint density at radius 2 is 0.891 bits per heavy atom. The topological polar surface area (TPSA) is 3.24 Å². The van der Waals surface area contributed by atoms with Crippen LogP contribution >= 0.6 is 0 Å². The van der Waals surface area contributed by atoms with Crippen molar-refractivity contribution in [3.05, 3.63) is 241 Å². The molecule has 0 spiro atoms. The number of para-hydroxylation sites is 2. The molecule has 0 N–H and O–H groups in total. The third-order valence-corrected chi connectivity index (χ3v) is 11.9. The monoisotopic (exact) mass is 697 g/mol. The van der Waals surface area contributed by atoms with E-state index in [1.807, 2.05) is 0 Å². The van der Waals surface area contributed by atoms with Crippen molar-refractivity contribution in [1.29, 1.82) is 0 Å². The van der Waals surface area contributed by atoms with E-state index in [9.17, 15) is 0 Å². The first-order valence-electron chi connectivity index (χ1n) is 19.2. The van der Waals surface area contributed by atoms with Gasteiger partial charge in [0.15, 0.2) is 0 Å². The lowest BCUT2D eigenvalue weighted by molar-refractivity contribution is 0.731. The highest BCUT2D eigenvalue weighted by Crippen LogP contribution is 2.57. The van der Waals surface area contributed by atoms with Crippen molar-refractivity contribution in [2.45, 2.75) is 5.41 Å². The Morgan fingerprint density at radius 1 is 0.364 bits per heavy atom. The van der Waals surface area contributed by atoms with Gasteiger partial charge in [0.25, 0.3) is 0 Å². The molecule has 0 atom stereocenters. The van der Waals surface area contributed by atoms with E-state index in [1.165, 1.54) is 83.0 Å². The number of anilines is 3. The Labute approximate surface area is 322 Å². The molecule has 0 saturated heterocycles. The maximum Gasteiger partial charge on any atom is 0.242 e. The Balaban J connectivity index is 1.20. The van der Waals surface area contributed by atoms with Crippen LogP contribution in [0.3, 0.4) is 0 Å². The van der Waals surface area contributed by atoms with Crippen molar-refractivity contribution in [1.82, 2.24) is 0 Å². The number of rotatable bonds is 5. The van der Waals surface area contributed by atoms with Gasteiger partial charge in [-0.05, 0) is 85.6 Å². The first-order chi connectivity index (χ1) is 27.3. The molecular weight excluding hydrogens is 661 g/mol. The van der Waals surface area contributed by atoms with Crippen LogP contribution in [0.2, 0.25) is 0 Å². The van der Waals surface area contributed by atoms with Crippen LogP contribution in [0.15, 0.2) is 218 Å². The molecule has 0 bridgehead atoms. The molecule has 2 heterocycles. The molecule has 0 fully saturated rings. The summed E-state index contributed by atoms with van der Waals surface area (Å²) in [7, 11) is 0. The van der Waals surface area contributed by atoms with Crippen LogP contribution in [0.25, 0.3) is 33.0 Å². The van der Waals surface area contributed by atoms with Gasteiger partial charge in [-0.3, -0.25) is 0 Å². The second-order valence-electron chi connectivity index (χ2n) is 14.8. The third-order valence-electron chi connectivity index (χ3n) is 11.9. The third kappa shape index (κ3) is 4.81. The summed E-state index contributed by atoms with van der Waals surface area (Å²) in [4.78, 5) is 2.52. The molecule has 2 aliphatic rings. The van der Waals surface area contributed by atoms with Crippen LogP contribution in [0, 0.1) is 0 Å². The summed E-state index contributed by atoms with van der Waals surface area (Å²) in [6.45, 7) is 0.0845. The van der Waals surface area contributed by atoms with E-state index in [2.05, 4.69) is 223 Å². The van der Waals surface area contributed by atoms with Crippen molar-refractivity contribution in [3.63, 3.8) is 0 Å².